The van der Waals surface area contributed by atoms with Crippen LogP contribution in [-0.4, -0.2) is 35.7 Å². The first-order chi connectivity index (χ1) is 15.9. The Labute approximate surface area is 191 Å². The minimum atomic E-state index is -2.15. The first kappa shape index (κ1) is 21.7. The Hall–Kier alpha value is -3.09. The van der Waals surface area contributed by atoms with E-state index in [4.69, 9.17) is 4.74 Å². The molecule has 4 nitrogen and oxygen atoms in total. The number of hydrogen-bond donors (Lipinski definition) is 1. The van der Waals surface area contributed by atoms with E-state index in [-0.39, 0.29) is 23.7 Å². The highest BCUT2D eigenvalue weighted by Crippen LogP contribution is 2.52. The first-order valence-electron chi connectivity index (χ1n) is 11.1. The van der Waals surface area contributed by atoms with E-state index in [0.29, 0.717) is 11.8 Å². The van der Waals surface area contributed by atoms with Crippen LogP contribution in [0.3, 0.4) is 0 Å². The highest BCUT2D eigenvalue weighted by molar-refractivity contribution is 5.85. The lowest BCUT2D eigenvalue weighted by Crippen LogP contribution is -2.39. The third kappa shape index (κ3) is 4.28. The Kier molecular flexibility index (Phi) is 5.72. The molecule has 6 heteroatoms. The van der Waals surface area contributed by atoms with E-state index in [1.54, 1.807) is 0 Å². The molecule has 3 aromatic carbocycles. The standard InChI is InChI=1S/C27H25F2NO3/c28-21-10-6-19(7-11-21)27(32,20-8-12-22(29)13-9-20)26(31)33-17-25-23-15-30(16-24(23)25)14-18-4-2-1-3-5-18/h1-13,23-25,32H,14-17H2. The summed E-state index contributed by atoms with van der Waals surface area (Å²) in [5.74, 6) is -0.588. The average Bonchev–Trinajstić information content (AvgIpc) is 3.28. The Morgan fingerprint density at radius 3 is 1.91 bits per heavy atom. The third-order valence-corrected chi connectivity index (χ3v) is 6.92. The van der Waals surface area contributed by atoms with Gasteiger partial charge in [-0.1, -0.05) is 54.6 Å². The zero-order valence-corrected chi connectivity index (χ0v) is 18.0. The largest absolute Gasteiger partial charge is 0.463 e. The van der Waals surface area contributed by atoms with E-state index in [9.17, 15) is 18.7 Å². The summed E-state index contributed by atoms with van der Waals surface area (Å²) in [6, 6.07) is 20.4. The summed E-state index contributed by atoms with van der Waals surface area (Å²) < 4.78 is 32.5. The lowest BCUT2D eigenvalue weighted by molar-refractivity contribution is -0.163. The second-order valence-electron chi connectivity index (χ2n) is 8.99. The van der Waals surface area contributed by atoms with E-state index in [2.05, 4.69) is 17.0 Å². The van der Waals surface area contributed by atoms with Crippen molar-refractivity contribution in [3.05, 3.63) is 107 Å². The molecule has 0 aromatic heterocycles. The Balaban J connectivity index is 1.24. The number of piperidine rings is 1. The molecule has 1 N–H and O–H groups in total. The smallest absolute Gasteiger partial charge is 0.347 e. The number of nitrogens with zero attached hydrogens (tertiary/aromatic N) is 1. The van der Waals surface area contributed by atoms with Crippen LogP contribution in [0.2, 0.25) is 0 Å². The van der Waals surface area contributed by atoms with Crippen molar-refractivity contribution < 1.29 is 23.4 Å². The monoisotopic (exact) mass is 449 g/mol. The SMILES string of the molecule is O=C(OCC1C2CN(Cc3ccccc3)CC12)C(O)(c1ccc(F)cc1)c1ccc(F)cc1. The number of esters is 1. The molecule has 0 amide bonds. The molecule has 3 aromatic rings. The number of carbonyl (C=O) groups is 1. The average molecular weight is 449 g/mol. The lowest BCUT2D eigenvalue weighted by Gasteiger charge is -2.27. The highest BCUT2D eigenvalue weighted by atomic mass is 19.1. The molecule has 1 aliphatic carbocycles. The van der Waals surface area contributed by atoms with Gasteiger partial charge in [0.05, 0.1) is 6.61 Å². The van der Waals surface area contributed by atoms with Gasteiger partial charge in [-0.25, -0.2) is 13.6 Å². The number of hydrogen-bond acceptors (Lipinski definition) is 4. The topological polar surface area (TPSA) is 49.8 Å². The van der Waals surface area contributed by atoms with Crippen LogP contribution in [0.5, 0.6) is 0 Å². The van der Waals surface area contributed by atoms with Gasteiger partial charge in [-0.15, -0.1) is 0 Å². The van der Waals surface area contributed by atoms with Crippen LogP contribution in [0.25, 0.3) is 0 Å². The van der Waals surface area contributed by atoms with Crippen molar-refractivity contribution in [3.63, 3.8) is 0 Å². The molecule has 1 saturated heterocycles. The van der Waals surface area contributed by atoms with Gasteiger partial charge in [-0.3, -0.25) is 4.90 Å². The molecule has 2 unspecified atom stereocenters. The normalized spacial score (nSPS) is 22.1. The maximum absolute atomic E-state index is 13.4. The van der Waals surface area contributed by atoms with Gasteiger partial charge in [-0.2, -0.15) is 0 Å². The number of ether oxygens (including phenoxy) is 1. The predicted octanol–water partition coefficient (Wildman–Crippen LogP) is 4.12. The van der Waals surface area contributed by atoms with E-state index < -0.39 is 23.2 Å². The highest BCUT2D eigenvalue weighted by Gasteiger charge is 2.56. The summed E-state index contributed by atoms with van der Waals surface area (Å²) in [6.07, 6.45) is 0. The minimum Gasteiger partial charge on any atom is -0.463 e. The molecule has 2 aliphatic rings. The van der Waals surface area contributed by atoms with Crippen LogP contribution in [0.4, 0.5) is 8.78 Å². The number of rotatable bonds is 7. The molecule has 170 valence electrons. The zero-order chi connectivity index (χ0) is 23.0. The van der Waals surface area contributed by atoms with Gasteiger partial charge in [0, 0.05) is 25.6 Å². The molecule has 0 bridgehead atoms. The number of benzene rings is 3. The Morgan fingerprint density at radius 1 is 0.879 bits per heavy atom. The van der Waals surface area contributed by atoms with Crippen LogP contribution >= 0.6 is 0 Å². The van der Waals surface area contributed by atoms with Crippen molar-refractivity contribution in [2.24, 2.45) is 17.8 Å². The van der Waals surface area contributed by atoms with E-state index >= 15 is 0 Å². The van der Waals surface area contributed by atoms with Crippen LogP contribution < -0.4 is 0 Å². The van der Waals surface area contributed by atoms with Crippen molar-refractivity contribution in [2.75, 3.05) is 19.7 Å². The van der Waals surface area contributed by atoms with Gasteiger partial charge in [-0.05, 0) is 52.8 Å². The molecule has 5 rings (SSSR count). The quantitative estimate of drug-likeness (QED) is 0.552. The summed E-state index contributed by atoms with van der Waals surface area (Å²) in [6.45, 7) is 3.05. The first-order valence-corrected chi connectivity index (χ1v) is 11.1. The van der Waals surface area contributed by atoms with Gasteiger partial charge in [0.15, 0.2) is 0 Å². The molecular formula is C27H25F2NO3. The van der Waals surface area contributed by atoms with Crippen LogP contribution in [0.15, 0.2) is 78.9 Å². The third-order valence-electron chi connectivity index (χ3n) is 6.92. The number of likely N-dealkylation sites (tertiary alicyclic amines) is 1. The zero-order valence-electron chi connectivity index (χ0n) is 18.0. The Bertz CT molecular complexity index is 1060. The predicted molar refractivity (Wildman–Crippen MR) is 119 cm³/mol. The maximum Gasteiger partial charge on any atom is 0.347 e. The van der Waals surface area contributed by atoms with Gasteiger partial charge in [0.25, 0.3) is 0 Å². The fraction of sp³-hybridized carbons (Fsp3) is 0.296. The molecule has 2 fully saturated rings. The number of fused-ring (bicyclic) bond motifs is 1. The second-order valence-corrected chi connectivity index (χ2v) is 8.99. The van der Waals surface area contributed by atoms with Crippen LogP contribution in [0, 0.1) is 29.4 Å². The van der Waals surface area contributed by atoms with E-state index in [1.807, 2.05) is 18.2 Å². The molecule has 2 atom stereocenters. The molecule has 1 heterocycles. The van der Waals surface area contributed by atoms with Crippen molar-refractivity contribution >= 4 is 5.97 Å². The van der Waals surface area contributed by atoms with Crippen molar-refractivity contribution in [3.8, 4) is 0 Å². The number of halogens is 2. The molecule has 33 heavy (non-hydrogen) atoms. The summed E-state index contributed by atoms with van der Waals surface area (Å²) in [4.78, 5) is 15.5. The Morgan fingerprint density at radius 2 is 1.39 bits per heavy atom. The lowest BCUT2D eigenvalue weighted by atomic mass is 9.86. The maximum atomic E-state index is 13.4. The summed E-state index contributed by atoms with van der Waals surface area (Å²) in [7, 11) is 0. The van der Waals surface area contributed by atoms with Crippen molar-refractivity contribution in [2.45, 2.75) is 12.1 Å². The second kappa shape index (κ2) is 8.69. The fourth-order valence-electron chi connectivity index (χ4n) is 5.02. The van der Waals surface area contributed by atoms with Crippen LogP contribution in [-0.2, 0) is 21.7 Å². The van der Waals surface area contributed by atoms with E-state index in [0.717, 1.165) is 19.6 Å². The minimum absolute atomic E-state index is 0.172. The van der Waals surface area contributed by atoms with Crippen molar-refractivity contribution in [1.29, 1.82) is 0 Å². The summed E-state index contributed by atoms with van der Waals surface area (Å²) in [5.41, 5.74) is -0.522. The van der Waals surface area contributed by atoms with E-state index in [1.165, 1.54) is 54.1 Å². The summed E-state index contributed by atoms with van der Waals surface area (Å²) in [5, 5.41) is 11.4. The molecule has 0 radical (unpaired) electrons. The summed E-state index contributed by atoms with van der Waals surface area (Å²) >= 11 is 0. The van der Waals surface area contributed by atoms with Gasteiger partial charge in [0.1, 0.15) is 11.6 Å². The van der Waals surface area contributed by atoms with Crippen molar-refractivity contribution in [1.82, 2.24) is 4.90 Å². The molecule has 1 aliphatic heterocycles. The number of aliphatic hydroxyl groups is 1. The molecular weight excluding hydrogens is 424 g/mol. The molecule has 1 saturated carbocycles. The van der Waals surface area contributed by atoms with Crippen LogP contribution in [0.1, 0.15) is 16.7 Å². The fourth-order valence-corrected chi connectivity index (χ4v) is 5.02. The number of carbonyl (C=O) groups excluding carboxylic acids is 1. The van der Waals surface area contributed by atoms with Gasteiger partial charge >= 0.3 is 5.97 Å². The van der Waals surface area contributed by atoms with Gasteiger partial charge < -0.3 is 9.84 Å². The molecule has 0 spiro atoms. The van der Waals surface area contributed by atoms with Gasteiger partial charge in [0.2, 0.25) is 5.60 Å².